The average molecular weight is 226 g/mol. The van der Waals surface area contributed by atoms with E-state index < -0.39 is 5.60 Å². The second-order valence-electron chi connectivity index (χ2n) is 5.26. The molecule has 1 rings (SSSR count). The Morgan fingerprint density at radius 1 is 1.38 bits per heavy atom. The van der Waals surface area contributed by atoms with Gasteiger partial charge in [0.15, 0.2) is 6.29 Å². The van der Waals surface area contributed by atoms with E-state index in [2.05, 4.69) is 0 Å². The first-order valence-corrected chi connectivity index (χ1v) is 5.75. The van der Waals surface area contributed by atoms with Gasteiger partial charge in [0.2, 0.25) is 0 Å². The highest BCUT2D eigenvalue weighted by atomic mass is 16.6. The Hall–Kier alpha value is -1.06. The standard InChI is InChI=1S/C12H20NO3/c1-12(2,3)16-11(15)13-7-4-10(5-8-13)6-9-14/h10H,4-8H2,1-3H3. The van der Waals surface area contributed by atoms with Crippen molar-refractivity contribution in [3.8, 4) is 0 Å². The van der Waals surface area contributed by atoms with Crippen molar-refractivity contribution in [2.75, 3.05) is 13.1 Å². The van der Waals surface area contributed by atoms with Gasteiger partial charge >= 0.3 is 6.09 Å². The quantitative estimate of drug-likeness (QED) is 0.724. The minimum absolute atomic E-state index is 0.249. The maximum atomic E-state index is 11.7. The molecule has 1 radical (unpaired) electrons. The van der Waals surface area contributed by atoms with E-state index in [1.54, 1.807) is 4.90 Å². The molecule has 1 saturated heterocycles. The normalized spacial score (nSPS) is 18.3. The Kier molecular flexibility index (Phi) is 4.33. The van der Waals surface area contributed by atoms with Gasteiger partial charge in [-0.25, -0.2) is 4.79 Å². The van der Waals surface area contributed by atoms with E-state index >= 15 is 0 Å². The van der Waals surface area contributed by atoms with Gasteiger partial charge in [0.25, 0.3) is 0 Å². The third-order valence-corrected chi connectivity index (χ3v) is 2.64. The molecule has 1 amide bonds. The predicted molar refractivity (Wildman–Crippen MR) is 60.8 cm³/mol. The first-order chi connectivity index (χ1) is 7.42. The van der Waals surface area contributed by atoms with Crippen LogP contribution in [0.3, 0.4) is 0 Å². The van der Waals surface area contributed by atoms with Crippen LogP contribution >= 0.6 is 0 Å². The molecule has 0 spiro atoms. The fourth-order valence-electron chi connectivity index (χ4n) is 1.76. The minimum atomic E-state index is -0.440. The second kappa shape index (κ2) is 5.32. The molecule has 4 heteroatoms. The average Bonchev–Trinajstić information content (AvgIpc) is 2.16. The van der Waals surface area contributed by atoms with Crippen molar-refractivity contribution in [1.82, 2.24) is 4.90 Å². The maximum Gasteiger partial charge on any atom is 0.410 e. The van der Waals surface area contributed by atoms with Crippen LogP contribution in [0.2, 0.25) is 0 Å². The summed E-state index contributed by atoms with van der Waals surface area (Å²) in [5.41, 5.74) is -0.440. The summed E-state index contributed by atoms with van der Waals surface area (Å²) >= 11 is 0. The lowest BCUT2D eigenvalue weighted by Crippen LogP contribution is -2.41. The summed E-state index contributed by atoms with van der Waals surface area (Å²) in [5, 5.41) is 0. The Morgan fingerprint density at radius 2 is 1.94 bits per heavy atom. The number of nitrogens with zero attached hydrogens (tertiary/aromatic N) is 1. The zero-order chi connectivity index (χ0) is 12.2. The fourth-order valence-corrected chi connectivity index (χ4v) is 1.76. The van der Waals surface area contributed by atoms with Crippen molar-refractivity contribution in [2.45, 2.75) is 45.6 Å². The molecule has 4 nitrogen and oxygen atoms in total. The summed E-state index contributed by atoms with van der Waals surface area (Å²) in [6, 6.07) is 0. The van der Waals surface area contributed by atoms with Crippen LogP contribution in [-0.4, -0.2) is 36.0 Å². The van der Waals surface area contributed by atoms with Crippen LogP contribution < -0.4 is 0 Å². The third kappa shape index (κ3) is 4.21. The molecule has 16 heavy (non-hydrogen) atoms. The topological polar surface area (TPSA) is 46.6 Å². The molecule has 91 valence electrons. The van der Waals surface area contributed by atoms with Gasteiger partial charge < -0.3 is 9.64 Å². The largest absolute Gasteiger partial charge is 0.444 e. The van der Waals surface area contributed by atoms with Gasteiger partial charge in [0.1, 0.15) is 5.60 Å². The Morgan fingerprint density at radius 3 is 2.38 bits per heavy atom. The van der Waals surface area contributed by atoms with Crippen molar-refractivity contribution in [2.24, 2.45) is 5.92 Å². The van der Waals surface area contributed by atoms with Gasteiger partial charge in [-0.1, -0.05) is 0 Å². The molecule has 0 unspecified atom stereocenters. The fraction of sp³-hybridized carbons (Fsp3) is 0.833. The number of piperidine rings is 1. The molecule has 0 aliphatic carbocycles. The van der Waals surface area contributed by atoms with Crippen molar-refractivity contribution in [3.63, 3.8) is 0 Å². The smallest absolute Gasteiger partial charge is 0.410 e. The molecule has 1 heterocycles. The van der Waals surface area contributed by atoms with Crippen molar-refractivity contribution >= 4 is 12.4 Å². The maximum absolute atomic E-state index is 11.7. The van der Waals surface area contributed by atoms with Gasteiger partial charge in [-0.3, -0.25) is 4.79 Å². The number of hydrogen-bond acceptors (Lipinski definition) is 3. The lowest BCUT2D eigenvalue weighted by molar-refractivity contribution is 0.0186. The molecule has 1 aliphatic rings. The van der Waals surface area contributed by atoms with Crippen molar-refractivity contribution in [3.05, 3.63) is 0 Å². The zero-order valence-corrected chi connectivity index (χ0v) is 10.3. The third-order valence-electron chi connectivity index (χ3n) is 2.64. The summed E-state index contributed by atoms with van der Waals surface area (Å²) in [5.74, 6) is 0.385. The van der Waals surface area contributed by atoms with Gasteiger partial charge in [0.05, 0.1) is 0 Å². The number of carbonyl (C=O) groups is 1. The molecular weight excluding hydrogens is 206 g/mol. The Labute approximate surface area is 96.9 Å². The van der Waals surface area contributed by atoms with Gasteiger partial charge in [-0.15, -0.1) is 0 Å². The molecule has 0 bridgehead atoms. The van der Waals surface area contributed by atoms with Gasteiger partial charge in [0, 0.05) is 19.5 Å². The Balaban J connectivity index is 2.36. The van der Waals surface area contributed by atoms with Crippen LogP contribution in [0.5, 0.6) is 0 Å². The summed E-state index contributed by atoms with van der Waals surface area (Å²) < 4.78 is 5.28. The first-order valence-electron chi connectivity index (χ1n) is 5.75. The van der Waals surface area contributed by atoms with Crippen LogP contribution in [-0.2, 0) is 9.53 Å². The molecule has 0 N–H and O–H groups in total. The van der Waals surface area contributed by atoms with E-state index in [-0.39, 0.29) is 6.09 Å². The monoisotopic (exact) mass is 226 g/mol. The van der Waals surface area contributed by atoms with E-state index in [9.17, 15) is 9.59 Å². The molecule has 0 aromatic carbocycles. The van der Waals surface area contributed by atoms with E-state index in [4.69, 9.17) is 4.74 Å². The van der Waals surface area contributed by atoms with Gasteiger partial charge in [-0.2, -0.15) is 0 Å². The van der Waals surface area contributed by atoms with E-state index in [0.717, 1.165) is 12.8 Å². The van der Waals surface area contributed by atoms with Crippen molar-refractivity contribution < 1.29 is 14.3 Å². The molecular formula is C12H20NO3. The van der Waals surface area contributed by atoms with Crippen LogP contribution in [0, 0.1) is 5.92 Å². The highest BCUT2D eigenvalue weighted by Crippen LogP contribution is 2.21. The first kappa shape index (κ1) is 13.0. The SMILES string of the molecule is CC(C)(C)OC(=O)N1CCC(C[C]=O)CC1. The minimum Gasteiger partial charge on any atom is -0.444 e. The number of rotatable bonds is 2. The highest BCUT2D eigenvalue weighted by Gasteiger charge is 2.26. The van der Waals surface area contributed by atoms with Crippen molar-refractivity contribution in [1.29, 1.82) is 0 Å². The molecule has 0 atom stereocenters. The lowest BCUT2D eigenvalue weighted by Gasteiger charge is -2.32. The van der Waals surface area contributed by atoms with Crippen LogP contribution in [0.25, 0.3) is 0 Å². The van der Waals surface area contributed by atoms with E-state index in [0.29, 0.717) is 25.4 Å². The van der Waals surface area contributed by atoms with Crippen LogP contribution in [0.15, 0.2) is 0 Å². The summed E-state index contributed by atoms with van der Waals surface area (Å²) in [4.78, 5) is 23.7. The summed E-state index contributed by atoms with van der Waals surface area (Å²) in [6.07, 6.45) is 3.91. The number of ether oxygens (including phenoxy) is 1. The predicted octanol–water partition coefficient (Wildman–Crippen LogP) is 2.13. The van der Waals surface area contributed by atoms with E-state index in [1.807, 2.05) is 27.1 Å². The molecule has 1 aliphatic heterocycles. The molecule has 1 fully saturated rings. The summed E-state index contributed by atoms with van der Waals surface area (Å²) in [7, 11) is 0. The van der Waals surface area contributed by atoms with Gasteiger partial charge in [-0.05, 0) is 39.5 Å². The Bertz CT molecular complexity index is 249. The summed E-state index contributed by atoms with van der Waals surface area (Å²) in [6.45, 7) is 6.94. The zero-order valence-electron chi connectivity index (χ0n) is 10.3. The highest BCUT2D eigenvalue weighted by molar-refractivity contribution is 5.68. The molecule has 0 aromatic heterocycles. The van der Waals surface area contributed by atoms with Crippen LogP contribution in [0.1, 0.15) is 40.0 Å². The lowest BCUT2D eigenvalue weighted by atomic mass is 9.94. The van der Waals surface area contributed by atoms with Crippen LogP contribution in [0.4, 0.5) is 4.79 Å². The van der Waals surface area contributed by atoms with E-state index in [1.165, 1.54) is 0 Å². The number of carbonyl (C=O) groups excluding carboxylic acids is 2. The second-order valence-corrected chi connectivity index (χ2v) is 5.26. The molecule has 0 aromatic rings. The number of hydrogen-bond donors (Lipinski definition) is 0. The molecule has 0 saturated carbocycles. The number of amides is 1. The number of likely N-dealkylation sites (tertiary alicyclic amines) is 1.